The number of hydrogen-bond acceptors (Lipinski definition) is 4. The fourth-order valence-electron chi connectivity index (χ4n) is 1.09. The van der Waals surface area contributed by atoms with Crippen molar-refractivity contribution >= 4 is 32.6 Å². The van der Waals surface area contributed by atoms with E-state index >= 15 is 0 Å². The summed E-state index contributed by atoms with van der Waals surface area (Å²) in [6, 6.07) is 3.70. The van der Waals surface area contributed by atoms with Gasteiger partial charge in [0.2, 0.25) is 0 Å². The molecule has 0 saturated heterocycles. The van der Waals surface area contributed by atoms with Crippen molar-refractivity contribution in [2.24, 2.45) is 0 Å². The Morgan fingerprint density at radius 2 is 2.27 bits per heavy atom. The third-order valence-corrected chi connectivity index (χ3v) is 5.30. The minimum absolute atomic E-state index is 0.294. The monoisotopic (exact) mass is 324 g/mol. The molecule has 80 valence electrons. The van der Waals surface area contributed by atoms with Gasteiger partial charge in [0.05, 0.1) is 0 Å². The summed E-state index contributed by atoms with van der Waals surface area (Å²) in [7, 11) is 0. The second kappa shape index (κ2) is 3.76. The van der Waals surface area contributed by atoms with Crippen molar-refractivity contribution < 1.29 is 20.1 Å². The first kappa shape index (κ1) is 10.3. The number of hydrogen-bond donors (Lipinski definition) is 0. The van der Waals surface area contributed by atoms with Crippen LogP contribution in [-0.2, 0) is 10.9 Å². The van der Waals surface area contributed by atoms with Gasteiger partial charge >= 0.3 is 92.8 Å². The van der Waals surface area contributed by atoms with Crippen LogP contribution in [-0.4, -0.2) is 11.9 Å². The summed E-state index contributed by atoms with van der Waals surface area (Å²) in [5.74, 6) is -1.54. The zero-order valence-electron chi connectivity index (χ0n) is 7.62. The van der Waals surface area contributed by atoms with E-state index in [1.54, 1.807) is 0 Å². The van der Waals surface area contributed by atoms with Gasteiger partial charge in [0.1, 0.15) is 0 Å². The summed E-state index contributed by atoms with van der Waals surface area (Å²) in [6.07, 6.45) is 0. The molecular weight excluding hydrogens is 318 g/mol. The number of fused-ring (bicyclic) bond motifs is 1. The number of rotatable bonds is 1. The van der Waals surface area contributed by atoms with Crippen molar-refractivity contribution in [3.05, 3.63) is 33.1 Å². The van der Waals surface area contributed by atoms with Crippen molar-refractivity contribution in [1.29, 1.82) is 0 Å². The van der Waals surface area contributed by atoms with Crippen LogP contribution in [0.15, 0.2) is 18.2 Å². The molecule has 0 unspecified atom stereocenters. The number of halogens is 2. The Balaban J connectivity index is 2.39. The molecule has 6 heteroatoms. The van der Waals surface area contributed by atoms with Gasteiger partial charge in [0, 0.05) is 0 Å². The molecule has 1 aromatic carbocycles. The standard InChI is InChI=1S/C9H6FIO4/c1-5(12)14-11-8-4-6(10)2-3-7(8)9(13)15-11/h2-4H,1H3. The van der Waals surface area contributed by atoms with Crippen LogP contribution in [0.25, 0.3) is 0 Å². The molecule has 0 aromatic heterocycles. The molecule has 1 aromatic rings. The Kier molecular flexibility index (Phi) is 2.59. The van der Waals surface area contributed by atoms with Crippen LogP contribution in [0.2, 0.25) is 0 Å². The Labute approximate surface area is 92.8 Å². The average Bonchev–Trinajstić information content (AvgIpc) is 2.42. The Morgan fingerprint density at radius 1 is 1.53 bits per heavy atom. The van der Waals surface area contributed by atoms with Crippen LogP contribution in [0.3, 0.4) is 0 Å². The van der Waals surface area contributed by atoms with E-state index in [1.807, 2.05) is 0 Å². The topological polar surface area (TPSA) is 52.6 Å². The molecular formula is C9H6FIO4. The third kappa shape index (κ3) is 1.94. The van der Waals surface area contributed by atoms with Gasteiger partial charge in [0.15, 0.2) is 0 Å². The quantitative estimate of drug-likeness (QED) is 0.742. The number of carbonyl (C=O) groups excluding carboxylic acids is 2. The van der Waals surface area contributed by atoms with Gasteiger partial charge in [-0.3, -0.25) is 0 Å². The van der Waals surface area contributed by atoms with Crippen LogP contribution in [0.1, 0.15) is 17.3 Å². The molecule has 0 radical (unpaired) electrons. The van der Waals surface area contributed by atoms with Gasteiger partial charge < -0.3 is 0 Å². The van der Waals surface area contributed by atoms with Crippen LogP contribution < -0.4 is 0 Å². The van der Waals surface area contributed by atoms with Crippen molar-refractivity contribution in [3.63, 3.8) is 0 Å². The summed E-state index contributed by atoms with van der Waals surface area (Å²) in [5, 5.41) is 0. The molecule has 15 heavy (non-hydrogen) atoms. The molecule has 0 N–H and O–H groups in total. The first-order chi connectivity index (χ1) is 7.08. The zero-order chi connectivity index (χ0) is 11.0. The maximum atomic E-state index is 12.9. The molecule has 0 bridgehead atoms. The van der Waals surface area contributed by atoms with Gasteiger partial charge in [0.25, 0.3) is 0 Å². The van der Waals surface area contributed by atoms with Gasteiger partial charge in [-0.2, -0.15) is 0 Å². The average molecular weight is 324 g/mol. The van der Waals surface area contributed by atoms with Crippen LogP contribution in [0, 0.1) is 9.39 Å². The molecule has 0 fully saturated rings. The summed E-state index contributed by atoms with van der Waals surface area (Å²) in [6.45, 7) is 1.22. The van der Waals surface area contributed by atoms with Gasteiger partial charge in [-0.25, -0.2) is 0 Å². The number of carbonyl (C=O) groups is 2. The van der Waals surface area contributed by atoms with E-state index in [4.69, 9.17) is 6.13 Å². The van der Waals surface area contributed by atoms with Crippen LogP contribution in [0.4, 0.5) is 4.39 Å². The molecule has 1 aliphatic heterocycles. The van der Waals surface area contributed by atoms with Crippen molar-refractivity contribution in [3.8, 4) is 0 Å². The molecule has 0 atom stereocenters. The minimum atomic E-state index is -2.75. The summed E-state index contributed by atoms with van der Waals surface area (Å²) >= 11 is -2.75. The van der Waals surface area contributed by atoms with E-state index in [9.17, 15) is 14.0 Å². The summed E-state index contributed by atoms with van der Waals surface area (Å²) in [5.41, 5.74) is 0.294. The maximum absolute atomic E-state index is 12.9. The van der Waals surface area contributed by atoms with Crippen LogP contribution in [0.5, 0.6) is 0 Å². The third-order valence-electron chi connectivity index (χ3n) is 1.64. The van der Waals surface area contributed by atoms with Crippen LogP contribution >= 0.6 is 20.6 Å². The second-order valence-electron chi connectivity index (χ2n) is 2.77. The molecule has 1 aliphatic rings. The molecule has 0 saturated carbocycles. The Morgan fingerprint density at radius 3 is 2.93 bits per heavy atom. The molecule has 4 nitrogen and oxygen atoms in total. The summed E-state index contributed by atoms with van der Waals surface area (Å²) in [4.78, 5) is 22.0. The fourth-order valence-corrected chi connectivity index (χ4v) is 4.24. The first-order valence-electron chi connectivity index (χ1n) is 3.99. The molecule has 1 heterocycles. The molecule has 2 rings (SSSR count). The zero-order valence-corrected chi connectivity index (χ0v) is 9.78. The fraction of sp³-hybridized carbons (Fsp3) is 0.111. The molecule has 0 spiro atoms. The normalized spacial score (nSPS) is 15.9. The summed E-state index contributed by atoms with van der Waals surface area (Å²) < 4.78 is 23.1. The van der Waals surface area contributed by atoms with E-state index < -0.39 is 38.4 Å². The van der Waals surface area contributed by atoms with Crippen molar-refractivity contribution in [2.45, 2.75) is 6.92 Å². The predicted octanol–water partition coefficient (Wildman–Crippen LogP) is 2.07. The predicted molar refractivity (Wildman–Crippen MR) is 56.3 cm³/mol. The van der Waals surface area contributed by atoms with E-state index in [1.165, 1.54) is 25.1 Å². The van der Waals surface area contributed by atoms with Gasteiger partial charge in [-0.1, -0.05) is 0 Å². The van der Waals surface area contributed by atoms with E-state index in [0.29, 0.717) is 9.13 Å². The van der Waals surface area contributed by atoms with E-state index in [0.717, 1.165) is 0 Å². The number of benzene rings is 1. The molecule has 0 aliphatic carbocycles. The van der Waals surface area contributed by atoms with Gasteiger partial charge in [-0.05, 0) is 0 Å². The van der Waals surface area contributed by atoms with E-state index in [2.05, 4.69) is 0 Å². The van der Waals surface area contributed by atoms with Gasteiger partial charge in [-0.15, -0.1) is 0 Å². The van der Waals surface area contributed by atoms with Crippen molar-refractivity contribution in [2.75, 3.05) is 0 Å². The molecule has 0 amide bonds. The first-order valence-corrected chi connectivity index (χ1v) is 6.83. The Bertz CT molecular complexity index is 444. The Hall–Kier alpha value is -1.18. The SMILES string of the molecule is CC(=O)OI1OC(=O)c2ccc(F)cc21. The van der Waals surface area contributed by atoms with Crippen molar-refractivity contribution in [1.82, 2.24) is 0 Å². The van der Waals surface area contributed by atoms with E-state index in [-0.39, 0.29) is 0 Å². The second-order valence-corrected chi connectivity index (χ2v) is 6.06.